The van der Waals surface area contributed by atoms with Crippen molar-refractivity contribution < 1.29 is 13.5 Å². The van der Waals surface area contributed by atoms with Crippen LogP contribution in [-0.2, 0) is 16.6 Å². The molecule has 2 rings (SSSR count). The zero-order valence-electron chi connectivity index (χ0n) is 10.3. The molecule has 1 aromatic carbocycles. The topological polar surface area (TPSA) is 95.1 Å². The molecule has 20 heavy (non-hydrogen) atoms. The predicted molar refractivity (Wildman–Crippen MR) is 81.9 cm³/mol. The van der Waals surface area contributed by atoms with Crippen LogP contribution in [0.25, 0.3) is 0 Å². The normalized spacial score (nSPS) is 11.6. The number of aliphatic hydroxyl groups is 1. The summed E-state index contributed by atoms with van der Waals surface area (Å²) >= 11 is 6.63. The molecular formula is C11H11Br2N3O3S. The fourth-order valence-corrected chi connectivity index (χ4v) is 4.73. The maximum atomic E-state index is 12.3. The van der Waals surface area contributed by atoms with Gasteiger partial charge in [0.05, 0.1) is 18.5 Å². The van der Waals surface area contributed by atoms with Gasteiger partial charge in [-0.15, -0.1) is 0 Å². The van der Waals surface area contributed by atoms with Crippen LogP contribution in [0, 0.1) is 6.92 Å². The second kappa shape index (κ2) is 5.84. The number of benzene rings is 1. The molecule has 0 saturated heterocycles. The Morgan fingerprint density at radius 1 is 1.35 bits per heavy atom. The molecule has 0 spiro atoms. The summed E-state index contributed by atoms with van der Waals surface area (Å²) in [4.78, 5) is 0. The molecule has 0 aliphatic carbocycles. The molecule has 0 saturated carbocycles. The largest absolute Gasteiger partial charge is 0.392 e. The van der Waals surface area contributed by atoms with Crippen molar-refractivity contribution in [3.8, 4) is 0 Å². The van der Waals surface area contributed by atoms with E-state index in [-0.39, 0.29) is 10.6 Å². The lowest BCUT2D eigenvalue weighted by molar-refractivity contribution is 0.278. The van der Waals surface area contributed by atoms with Gasteiger partial charge >= 0.3 is 0 Å². The molecule has 1 heterocycles. The quantitative estimate of drug-likeness (QED) is 0.702. The summed E-state index contributed by atoms with van der Waals surface area (Å²) in [7, 11) is -3.86. The first-order chi connectivity index (χ1) is 9.35. The van der Waals surface area contributed by atoms with E-state index in [1.807, 2.05) is 6.92 Å². The smallest absolute Gasteiger partial charge is 0.279 e. The van der Waals surface area contributed by atoms with Crippen molar-refractivity contribution in [2.75, 3.05) is 4.72 Å². The van der Waals surface area contributed by atoms with E-state index in [1.165, 1.54) is 6.20 Å². The van der Waals surface area contributed by atoms with E-state index in [0.717, 1.165) is 5.56 Å². The lowest BCUT2D eigenvalue weighted by atomic mass is 10.2. The van der Waals surface area contributed by atoms with Crippen molar-refractivity contribution in [2.45, 2.75) is 18.6 Å². The highest BCUT2D eigenvalue weighted by Gasteiger charge is 2.22. The average Bonchev–Trinajstić information content (AvgIpc) is 2.83. The standard InChI is InChI=1S/C11H11Br2N3O3S/c1-6-2-8(12)10(9(13)3-6)16-20(18,19)11-7(5-17)4-14-15-11/h2-4,16-17H,5H2,1H3,(H,14,15). The summed E-state index contributed by atoms with van der Waals surface area (Å²) in [5.74, 6) is 0. The lowest BCUT2D eigenvalue weighted by Gasteiger charge is -2.12. The molecule has 0 amide bonds. The second-order valence-electron chi connectivity index (χ2n) is 4.09. The highest BCUT2D eigenvalue weighted by atomic mass is 79.9. The molecule has 9 heteroatoms. The van der Waals surface area contributed by atoms with E-state index in [9.17, 15) is 8.42 Å². The Morgan fingerprint density at radius 2 is 1.95 bits per heavy atom. The van der Waals surface area contributed by atoms with E-state index >= 15 is 0 Å². The zero-order valence-corrected chi connectivity index (χ0v) is 14.3. The minimum atomic E-state index is -3.86. The van der Waals surface area contributed by atoms with Gasteiger partial charge in [0.1, 0.15) is 0 Å². The Hall–Kier alpha value is -0.900. The third-order valence-corrected chi connectivity index (χ3v) is 5.15. The third kappa shape index (κ3) is 3.05. The first-order valence-corrected chi connectivity index (χ1v) is 8.53. The van der Waals surface area contributed by atoms with E-state index in [2.05, 4.69) is 46.8 Å². The van der Waals surface area contributed by atoms with Crippen LogP contribution in [0.4, 0.5) is 5.69 Å². The van der Waals surface area contributed by atoms with E-state index in [1.54, 1.807) is 12.1 Å². The van der Waals surface area contributed by atoms with Crippen molar-refractivity contribution in [1.82, 2.24) is 10.2 Å². The molecule has 3 N–H and O–H groups in total. The molecule has 0 aliphatic heterocycles. The summed E-state index contributed by atoms with van der Waals surface area (Å²) in [6, 6.07) is 3.59. The van der Waals surface area contributed by atoms with Crippen molar-refractivity contribution in [1.29, 1.82) is 0 Å². The number of nitrogens with one attached hydrogen (secondary N) is 2. The van der Waals surface area contributed by atoms with Gasteiger partial charge in [0.25, 0.3) is 10.0 Å². The lowest BCUT2D eigenvalue weighted by Crippen LogP contribution is -2.16. The fourth-order valence-electron chi connectivity index (χ4n) is 1.63. The van der Waals surface area contributed by atoms with Crippen LogP contribution in [0.2, 0.25) is 0 Å². The Balaban J connectivity index is 2.44. The highest BCUT2D eigenvalue weighted by Crippen LogP contribution is 2.34. The number of anilines is 1. The molecule has 0 fully saturated rings. The number of sulfonamides is 1. The number of hydrogen-bond donors (Lipinski definition) is 3. The molecule has 0 aliphatic rings. The molecule has 0 unspecified atom stereocenters. The maximum Gasteiger partial charge on any atom is 0.279 e. The number of aryl methyl sites for hydroxylation is 1. The van der Waals surface area contributed by atoms with Crippen LogP contribution < -0.4 is 4.72 Å². The molecular weight excluding hydrogens is 414 g/mol. The molecule has 0 atom stereocenters. The second-order valence-corrected chi connectivity index (χ2v) is 7.42. The third-order valence-electron chi connectivity index (χ3n) is 2.54. The van der Waals surface area contributed by atoms with E-state index in [4.69, 9.17) is 5.11 Å². The first kappa shape index (κ1) is 15.5. The van der Waals surface area contributed by atoms with Crippen LogP contribution in [0.15, 0.2) is 32.3 Å². The Morgan fingerprint density at radius 3 is 2.50 bits per heavy atom. The maximum absolute atomic E-state index is 12.3. The molecule has 0 radical (unpaired) electrons. The Labute approximate surface area is 132 Å². The van der Waals surface area contributed by atoms with Gasteiger partial charge in [-0.2, -0.15) is 13.5 Å². The number of halogens is 2. The van der Waals surface area contributed by atoms with Crippen molar-refractivity contribution >= 4 is 47.6 Å². The minimum absolute atomic E-state index is 0.153. The van der Waals surface area contributed by atoms with Crippen LogP contribution in [0.1, 0.15) is 11.1 Å². The van der Waals surface area contributed by atoms with Crippen LogP contribution >= 0.6 is 31.9 Å². The molecule has 1 aromatic heterocycles. The zero-order chi connectivity index (χ0) is 14.9. The van der Waals surface area contributed by atoms with Crippen molar-refractivity contribution in [3.05, 3.63) is 38.4 Å². The minimum Gasteiger partial charge on any atom is -0.392 e. The average molecular weight is 425 g/mol. The summed E-state index contributed by atoms with van der Waals surface area (Å²) in [6.07, 6.45) is 1.27. The number of rotatable bonds is 4. The molecule has 6 nitrogen and oxygen atoms in total. The van der Waals surface area contributed by atoms with Crippen LogP contribution in [0.5, 0.6) is 0 Å². The number of aliphatic hydroxyl groups excluding tert-OH is 1. The van der Waals surface area contributed by atoms with Crippen molar-refractivity contribution in [2.24, 2.45) is 0 Å². The Kier molecular flexibility index (Phi) is 4.52. The van der Waals surface area contributed by atoms with Gasteiger partial charge < -0.3 is 5.11 Å². The Bertz CT molecular complexity index is 720. The summed E-state index contributed by atoms with van der Waals surface area (Å²) in [5.41, 5.74) is 1.57. The molecule has 0 bridgehead atoms. The summed E-state index contributed by atoms with van der Waals surface area (Å²) in [6.45, 7) is 1.48. The van der Waals surface area contributed by atoms with E-state index < -0.39 is 16.6 Å². The number of nitrogens with zero attached hydrogens (tertiary/aromatic N) is 1. The number of aromatic amines is 1. The van der Waals surface area contributed by atoms with Gasteiger partial charge in [0.15, 0.2) is 5.03 Å². The van der Waals surface area contributed by atoms with Gasteiger partial charge in [0, 0.05) is 14.5 Å². The predicted octanol–water partition coefficient (Wildman–Crippen LogP) is 2.54. The summed E-state index contributed by atoms with van der Waals surface area (Å²) < 4.78 is 28.3. The van der Waals surface area contributed by atoms with Crippen molar-refractivity contribution in [3.63, 3.8) is 0 Å². The van der Waals surface area contributed by atoms with Gasteiger partial charge in [0.2, 0.25) is 0 Å². The fraction of sp³-hybridized carbons (Fsp3) is 0.182. The van der Waals surface area contributed by atoms with Crippen LogP contribution in [-0.4, -0.2) is 23.7 Å². The molecule has 2 aromatic rings. The number of aromatic nitrogens is 2. The van der Waals surface area contributed by atoms with Gasteiger partial charge in [-0.25, -0.2) is 0 Å². The SMILES string of the molecule is Cc1cc(Br)c(NS(=O)(=O)c2[nH]ncc2CO)c(Br)c1. The number of H-pyrrole nitrogens is 1. The van der Waals surface area contributed by atoms with Crippen LogP contribution in [0.3, 0.4) is 0 Å². The van der Waals surface area contributed by atoms with Gasteiger partial charge in [-0.3, -0.25) is 9.82 Å². The first-order valence-electron chi connectivity index (χ1n) is 5.46. The summed E-state index contributed by atoms with van der Waals surface area (Å²) in [5, 5.41) is 15.0. The van der Waals surface area contributed by atoms with Gasteiger partial charge in [-0.05, 0) is 56.5 Å². The monoisotopic (exact) mass is 423 g/mol. The van der Waals surface area contributed by atoms with Gasteiger partial charge in [-0.1, -0.05) is 0 Å². The number of hydrogen-bond acceptors (Lipinski definition) is 4. The molecule has 108 valence electrons. The van der Waals surface area contributed by atoms with E-state index in [0.29, 0.717) is 14.6 Å². The highest BCUT2D eigenvalue weighted by molar-refractivity contribution is 9.11.